The van der Waals surface area contributed by atoms with Crippen molar-refractivity contribution in [3.8, 4) is 0 Å². The second kappa shape index (κ2) is 6.04. The van der Waals surface area contributed by atoms with E-state index in [9.17, 15) is 14.4 Å². The molecular weight excluding hydrogens is 248 g/mol. The quantitative estimate of drug-likeness (QED) is 0.812. The Labute approximate surface area is 113 Å². The number of nitrogens with zero attached hydrogens (tertiary/aromatic N) is 1. The average molecular weight is 270 g/mol. The summed E-state index contributed by atoms with van der Waals surface area (Å²) >= 11 is 0. The lowest BCUT2D eigenvalue weighted by Crippen LogP contribution is -2.49. The van der Waals surface area contributed by atoms with E-state index in [1.165, 1.54) is 0 Å². The van der Waals surface area contributed by atoms with E-state index in [-0.39, 0.29) is 30.3 Å². The summed E-state index contributed by atoms with van der Waals surface area (Å²) < 4.78 is 0. The van der Waals surface area contributed by atoms with Crippen LogP contribution in [0, 0.1) is 5.92 Å². The van der Waals surface area contributed by atoms with Gasteiger partial charge in [-0.15, -0.1) is 0 Å². The van der Waals surface area contributed by atoms with Crippen LogP contribution in [0.15, 0.2) is 0 Å². The summed E-state index contributed by atoms with van der Waals surface area (Å²) in [6, 6.07) is -0.380. The van der Waals surface area contributed by atoms with Gasteiger partial charge in [-0.25, -0.2) is 4.79 Å². The molecule has 0 aromatic rings. The van der Waals surface area contributed by atoms with Crippen LogP contribution in [0.2, 0.25) is 0 Å². The minimum Gasteiger partial charge on any atom is -0.481 e. The minimum atomic E-state index is -0.938. The topological polar surface area (TPSA) is 86.7 Å². The van der Waals surface area contributed by atoms with Gasteiger partial charge in [-0.2, -0.15) is 0 Å². The van der Waals surface area contributed by atoms with Crippen LogP contribution in [-0.2, 0) is 9.59 Å². The van der Waals surface area contributed by atoms with Crippen LogP contribution in [0.4, 0.5) is 4.79 Å². The van der Waals surface area contributed by atoms with Gasteiger partial charge in [0.05, 0.1) is 0 Å². The molecule has 1 aliphatic rings. The van der Waals surface area contributed by atoms with Crippen molar-refractivity contribution < 1.29 is 19.5 Å². The van der Waals surface area contributed by atoms with Crippen molar-refractivity contribution in [3.05, 3.63) is 0 Å². The van der Waals surface area contributed by atoms with Crippen molar-refractivity contribution in [3.63, 3.8) is 0 Å². The molecule has 1 heterocycles. The van der Waals surface area contributed by atoms with Crippen molar-refractivity contribution in [1.82, 2.24) is 10.2 Å². The first kappa shape index (κ1) is 15.5. The number of carboxylic acids is 1. The van der Waals surface area contributed by atoms with Gasteiger partial charge in [0, 0.05) is 24.9 Å². The summed E-state index contributed by atoms with van der Waals surface area (Å²) in [7, 11) is 0. The third-order valence-corrected chi connectivity index (χ3v) is 3.45. The Hall–Kier alpha value is -1.59. The van der Waals surface area contributed by atoms with Crippen LogP contribution in [0.25, 0.3) is 0 Å². The highest BCUT2D eigenvalue weighted by Crippen LogP contribution is 2.27. The van der Waals surface area contributed by atoms with Gasteiger partial charge in [0.1, 0.15) is 0 Å². The zero-order chi connectivity index (χ0) is 14.6. The zero-order valence-corrected chi connectivity index (χ0v) is 11.7. The molecule has 6 nitrogen and oxygen atoms in total. The Balaban J connectivity index is 2.44. The summed E-state index contributed by atoms with van der Waals surface area (Å²) in [6.45, 7) is 6.27. The fourth-order valence-electron chi connectivity index (χ4n) is 2.41. The molecule has 6 heteroatoms. The Bertz CT molecular complexity index is 379. The molecule has 1 rings (SSSR count). The van der Waals surface area contributed by atoms with Crippen molar-refractivity contribution in [1.29, 1.82) is 0 Å². The number of amides is 3. The molecule has 0 aliphatic carbocycles. The standard InChI is InChI=1S/C13H22N2O4/c1-9(8-11(17)18)7-10(16)14-12(19)15-6-4-5-13(15,2)3/h9H,4-8H2,1-3H3,(H,17,18)(H,14,16,19). The largest absolute Gasteiger partial charge is 0.481 e. The lowest BCUT2D eigenvalue weighted by molar-refractivity contribution is -0.138. The predicted molar refractivity (Wildman–Crippen MR) is 69.6 cm³/mol. The Morgan fingerprint density at radius 2 is 1.95 bits per heavy atom. The molecule has 0 bridgehead atoms. The molecule has 0 radical (unpaired) electrons. The van der Waals surface area contributed by atoms with Crippen LogP contribution < -0.4 is 5.32 Å². The van der Waals surface area contributed by atoms with Gasteiger partial charge in [0.25, 0.3) is 0 Å². The van der Waals surface area contributed by atoms with Crippen molar-refractivity contribution in [2.75, 3.05) is 6.54 Å². The fourth-order valence-corrected chi connectivity index (χ4v) is 2.41. The third-order valence-electron chi connectivity index (χ3n) is 3.45. The molecule has 0 spiro atoms. The van der Waals surface area contributed by atoms with Gasteiger partial charge in [-0.1, -0.05) is 6.92 Å². The van der Waals surface area contributed by atoms with Gasteiger partial charge in [-0.3, -0.25) is 14.9 Å². The van der Waals surface area contributed by atoms with Crippen LogP contribution in [-0.4, -0.2) is 40.0 Å². The smallest absolute Gasteiger partial charge is 0.324 e. The van der Waals surface area contributed by atoms with Crippen LogP contribution in [0.5, 0.6) is 0 Å². The van der Waals surface area contributed by atoms with E-state index in [1.807, 2.05) is 13.8 Å². The number of urea groups is 1. The maximum absolute atomic E-state index is 12.0. The number of rotatable bonds is 4. The maximum atomic E-state index is 12.0. The van der Waals surface area contributed by atoms with Crippen molar-refractivity contribution in [2.24, 2.45) is 5.92 Å². The van der Waals surface area contributed by atoms with Gasteiger partial charge < -0.3 is 10.0 Å². The van der Waals surface area contributed by atoms with E-state index < -0.39 is 11.9 Å². The normalized spacial score (nSPS) is 19.0. The number of carbonyl (C=O) groups is 3. The predicted octanol–water partition coefficient (Wildman–Crippen LogP) is 1.60. The molecule has 2 N–H and O–H groups in total. The van der Waals surface area contributed by atoms with E-state index in [1.54, 1.807) is 11.8 Å². The first-order valence-corrected chi connectivity index (χ1v) is 6.55. The summed E-state index contributed by atoms with van der Waals surface area (Å²) in [6.07, 6.45) is 1.83. The molecule has 1 atom stereocenters. The number of carbonyl (C=O) groups excluding carboxylic acids is 2. The zero-order valence-electron chi connectivity index (χ0n) is 11.7. The first-order valence-electron chi connectivity index (χ1n) is 6.55. The van der Waals surface area contributed by atoms with Crippen molar-refractivity contribution in [2.45, 2.75) is 52.0 Å². The van der Waals surface area contributed by atoms with E-state index in [4.69, 9.17) is 5.11 Å². The average Bonchev–Trinajstić information content (AvgIpc) is 2.55. The Morgan fingerprint density at radius 1 is 1.32 bits per heavy atom. The number of carboxylic acid groups (broad SMARTS) is 1. The van der Waals surface area contributed by atoms with Gasteiger partial charge in [0.2, 0.25) is 5.91 Å². The molecular formula is C13H22N2O4. The molecule has 1 fully saturated rings. The molecule has 1 saturated heterocycles. The lowest BCUT2D eigenvalue weighted by atomic mass is 10.0. The van der Waals surface area contributed by atoms with Crippen LogP contribution in [0.1, 0.15) is 46.5 Å². The minimum absolute atomic E-state index is 0.0479. The second-order valence-electron chi connectivity index (χ2n) is 5.83. The lowest BCUT2D eigenvalue weighted by Gasteiger charge is -2.31. The molecule has 0 saturated carbocycles. The van der Waals surface area contributed by atoms with E-state index in [0.717, 1.165) is 12.8 Å². The molecule has 0 aromatic heterocycles. The number of hydrogen-bond donors (Lipinski definition) is 2. The van der Waals surface area contributed by atoms with Crippen molar-refractivity contribution >= 4 is 17.9 Å². The van der Waals surface area contributed by atoms with E-state index in [0.29, 0.717) is 6.54 Å². The van der Waals surface area contributed by atoms with Gasteiger partial charge >= 0.3 is 12.0 Å². The van der Waals surface area contributed by atoms with Crippen LogP contribution >= 0.6 is 0 Å². The summed E-state index contributed by atoms with van der Waals surface area (Å²) in [4.78, 5) is 35.8. The maximum Gasteiger partial charge on any atom is 0.324 e. The highest BCUT2D eigenvalue weighted by molar-refractivity contribution is 5.94. The van der Waals surface area contributed by atoms with E-state index in [2.05, 4.69) is 5.32 Å². The highest BCUT2D eigenvalue weighted by atomic mass is 16.4. The van der Waals surface area contributed by atoms with E-state index >= 15 is 0 Å². The first-order chi connectivity index (χ1) is 8.72. The Morgan fingerprint density at radius 3 is 2.42 bits per heavy atom. The fraction of sp³-hybridized carbons (Fsp3) is 0.769. The molecule has 1 aliphatic heterocycles. The second-order valence-corrected chi connectivity index (χ2v) is 5.83. The SMILES string of the molecule is CC(CC(=O)O)CC(=O)NC(=O)N1CCCC1(C)C. The summed E-state index contributed by atoms with van der Waals surface area (Å²) in [5, 5.41) is 10.9. The number of likely N-dealkylation sites (tertiary alicyclic amines) is 1. The monoisotopic (exact) mass is 270 g/mol. The number of aliphatic carboxylic acids is 1. The van der Waals surface area contributed by atoms with Crippen LogP contribution in [0.3, 0.4) is 0 Å². The highest BCUT2D eigenvalue weighted by Gasteiger charge is 2.35. The molecule has 3 amide bonds. The van der Waals surface area contributed by atoms with Gasteiger partial charge in [-0.05, 0) is 32.6 Å². The summed E-state index contributed by atoms with van der Waals surface area (Å²) in [5.74, 6) is -1.63. The third kappa shape index (κ3) is 4.54. The molecule has 19 heavy (non-hydrogen) atoms. The Kier molecular flexibility index (Phi) is 4.91. The molecule has 108 valence electrons. The number of nitrogens with one attached hydrogen (secondary N) is 1. The number of imide groups is 1. The summed E-state index contributed by atoms with van der Waals surface area (Å²) in [5.41, 5.74) is -0.225. The van der Waals surface area contributed by atoms with Gasteiger partial charge in [0.15, 0.2) is 0 Å². The molecule has 0 aromatic carbocycles. The number of hydrogen-bond acceptors (Lipinski definition) is 3. The molecule has 1 unspecified atom stereocenters.